The minimum absolute atomic E-state index is 0.0105. The van der Waals surface area contributed by atoms with Gasteiger partial charge in [0.25, 0.3) is 0 Å². The van der Waals surface area contributed by atoms with Crippen molar-refractivity contribution in [2.45, 2.75) is 58.4 Å². The van der Waals surface area contributed by atoms with E-state index in [-0.39, 0.29) is 10.7 Å². The first-order chi connectivity index (χ1) is 14.0. The zero-order valence-corrected chi connectivity index (χ0v) is 18.5. The molecule has 30 heavy (non-hydrogen) atoms. The van der Waals surface area contributed by atoms with E-state index in [0.717, 1.165) is 11.1 Å². The third kappa shape index (κ3) is 4.25. The van der Waals surface area contributed by atoms with Gasteiger partial charge in [0.15, 0.2) is 0 Å². The quantitative estimate of drug-likeness (QED) is 0.628. The molecule has 2 aromatic heterocycles. The maximum atomic E-state index is 15.1. The van der Waals surface area contributed by atoms with Crippen LogP contribution in [0, 0.1) is 11.2 Å². The standard InChI is InChI=1S/C22H27FN4O2S/c1-14(26-30(28,29)15-5-6-15)18-11-27(12-22(2,3)4)21-10-17(19(23)9-16(18)21)20-7-8-24-13-25-20/h7-11,13-15,26H,5-6,12H2,1-4H3/t14-/m1/s1. The Labute approximate surface area is 176 Å². The highest BCUT2D eigenvalue weighted by molar-refractivity contribution is 7.90. The van der Waals surface area contributed by atoms with Gasteiger partial charge >= 0.3 is 0 Å². The number of hydrogen-bond acceptors (Lipinski definition) is 4. The Balaban J connectivity index is 1.83. The highest BCUT2D eigenvalue weighted by Crippen LogP contribution is 2.35. The van der Waals surface area contributed by atoms with E-state index in [4.69, 9.17) is 0 Å². The van der Waals surface area contributed by atoms with Gasteiger partial charge in [-0.2, -0.15) is 0 Å². The van der Waals surface area contributed by atoms with Crippen molar-refractivity contribution >= 4 is 20.9 Å². The molecule has 1 aromatic carbocycles. The van der Waals surface area contributed by atoms with Crippen LogP contribution in [0.15, 0.2) is 36.9 Å². The van der Waals surface area contributed by atoms with Crippen LogP contribution in [0.4, 0.5) is 4.39 Å². The zero-order valence-electron chi connectivity index (χ0n) is 17.7. The number of halogens is 1. The van der Waals surface area contributed by atoms with Crippen molar-refractivity contribution in [2.75, 3.05) is 0 Å². The lowest BCUT2D eigenvalue weighted by molar-refractivity contribution is 0.349. The van der Waals surface area contributed by atoms with Gasteiger partial charge in [-0.25, -0.2) is 27.5 Å². The number of sulfonamides is 1. The number of nitrogens with zero attached hydrogens (tertiary/aromatic N) is 3. The maximum Gasteiger partial charge on any atom is 0.215 e. The van der Waals surface area contributed by atoms with Crippen LogP contribution < -0.4 is 4.72 Å². The molecule has 1 atom stereocenters. The molecule has 0 radical (unpaired) electrons. The van der Waals surface area contributed by atoms with Crippen LogP contribution >= 0.6 is 0 Å². The summed E-state index contributed by atoms with van der Waals surface area (Å²) in [7, 11) is -3.36. The molecular weight excluding hydrogens is 403 g/mol. The number of fused-ring (bicyclic) bond motifs is 1. The summed E-state index contributed by atoms with van der Waals surface area (Å²) in [6.45, 7) is 8.92. The fraction of sp³-hybridized carbons (Fsp3) is 0.455. The first-order valence-electron chi connectivity index (χ1n) is 10.1. The molecule has 3 aromatic rings. The lowest BCUT2D eigenvalue weighted by atomic mass is 9.97. The molecule has 4 rings (SSSR count). The van der Waals surface area contributed by atoms with Crippen LogP contribution in [-0.2, 0) is 16.6 Å². The molecule has 160 valence electrons. The number of hydrogen-bond donors (Lipinski definition) is 1. The summed E-state index contributed by atoms with van der Waals surface area (Å²) in [5, 5.41) is 0.407. The Morgan fingerprint density at radius 1 is 1.30 bits per heavy atom. The molecule has 0 amide bonds. The van der Waals surface area contributed by atoms with Crippen molar-refractivity contribution in [3.63, 3.8) is 0 Å². The van der Waals surface area contributed by atoms with Crippen LogP contribution in [0.5, 0.6) is 0 Å². The lowest BCUT2D eigenvalue weighted by Crippen LogP contribution is -2.29. The molecule has 1 aliphatic rings. The Bertz CT molecular complexity index is 1180. The van der Waals surface area contributed by atoms with Gasteiger partial charge in [0, 0.05) is 41.4 Å². The average molecular weight is 431 g/mol. The topological polar surface area (TPSA) is 76.9 Å². The van der Waals surface area contributed by atoms with Crippen molar-refractivity contribution in [3.05, 3.63) is 48.3 Å². The van der Waals surface area contributed by atoms with Crippen LogP contribution in [0.25, 0.3) is 22.2 Å². The van der Waals surface area contributed by atoms with Gasteiger partial charge in [0.2, 0.25) is 10.0 Å². The minimum Gasteiger partial charge on any atom is -0.347 e. The summed E-state index contributed by atoms with van der Waals surface area (Å²) in [5.74, 6) is -0.395. The summed E-state index contributed by atoms with van der Waals surface area (Å²) in [6.07, 6.45) is 6.32. The smallest absolute Gasteiger partial charge is 0.215 e. The van der Waals surface area contributed by atoms with E-state index in [9.17, 15) is 8.42 Å². The number of benzene rings is 1. The fourth-order valence-electron chi connectivity index (χ4n) is 3.76. The van der Waals surface area contributed by atoms with Crippen molar-refractivity contribution in [2.24, 2.45) is 5.41 Å². The molecule has 2 heterocycles. The average Bonchev–Trinajstić information content (AvgIpc) is 3.46. The number of nitrogens with one attached hydrogen (secondary N) is 1. The molecule has 6 nitrogen and oxygen atoms in total. The molecule has 0 spiro atoms. The third-order valence-electron chi connectivity index (χ3n) is 5.27. The van der Waals surface area contributed by atoms with E-state index in [0.29, 0.717) is 36.0 Å². The Hall–Kier alpha value is -2.32. The SMILES string of the molecule is C[C@@H](NS(=O)(=O)C1CC1)c1cn(CC(C)(C)C)c2cc(-c3ccncn3)c(F)cc12. The van der Waals surface area contributed by atoms with Crippen molar-refractivity contribution < 1.29 is 12.8 Å². The molecule has 0 unspecified atom stereocenters. The normalized spacial score (nSPS) is 16.2. The molecular formula is C22H27FN4O2S. The van der Waals surface area contributed by atoms with Crippen LogP contribution in [0.2, 0.25) is 0 Å². The van der Waals surface area contributed by atoms with Crippen LogP contribution in [-0.4, -0.2) is 28.2 Å². The number of aromatic nitrogens is 3. The van der Waals surface area contributed by atoms with E-state index in [1.54, 1.807) is 18.3 Å². The van der Waals surface area contributed by atoms with Gasteiger partial charge in [0.05, 0.1) is 10.9 Å². The Kier molecular flexibility index (Phi) is 5.18. The van der Waals surface area contributed by atoms with Gasteiger partial charge in [-0.1, -0.05) is 20.8 Å². The molecule has 1 saturated carbocycles. The van der Waals surface area contributed by atoms with Crippen molar-refractivity contribution in [3.8, 4) is 11.3 Å². The molecule has 0 bridgehead atoms. The molecule has 1 aliphatic carbocycles. The predicted octanol–water partition coefficient (Wildman–Crippen LogP) is 4.43. The summed E-state index contributed by atoms with van der Waals surface area (Å²) >= 11 is 0. The van der Waals surface area contributed by atoms with Gasteiger partial charge < -0.3 is 4.57 Å². The molecule has 8 heteroatoms. The van der Waals surface area contributed by atoms with E-state index >= 15 is 4.39 Å². The largest absolute Gasteiger partial charge is 0.347 e. The monoisotopic (exact) mass is 430 g/mol. The zero-order chi connectivity index (χ0) is 21.7. The Morgan fingerprint density at radius 2 is 2.03 bits per heavy atom. The summed E-state index contributed by atoms with van der Waals surface area (Å²) in [4.78, 5) is 8.09. The first-order valence-corrected chi connectivity index (χ1v) is 11.7. The van der Waals surface area contributed by atoms with Gasteiger partial charge in [0.1, 0.15) is 12.1 Å². The third-order valence-corrected chi connectivity index (χ3v) is 7.31. The molecule has 0 saturated heterocycles. The predicted molar refractivity (Wildman–Crippen MR) is 116 cm³/mol. The Morgan fingerprint density at radius 3 is 2.63 bits per heavy atom. The van der Waals surface area contributed by atoms with E-state index in [2.05, 4.69) is 40.0 Å². The van der Waals surface area contributed by atoms with Crippen LogP contribution in [0.3, 0.4) is 0 Å². The first kappa shape index (κ1) is 20.9. The summed E-state index contributed by atoms with van der Waals surface area (Å²) < 4.78 is 44.8. The summed E-state index contributed by atoms with van der Waals surface area (Å²) in [6, 6.07) is 4.51. The maximum absolute atomic E-state index is 15.1. The highest BCUT2D eigenvalue weighted by atomic mass is 32.2. The molecule has 0 aliphatic heterocycles. The molecule has 1 N–H and O–H groups in total. The van der Waals surface area contributed by atoms with E-state index in [1.807, 2.05) is 13.1 Å². The summed E-state index contributed by atoms with van der Waals surface area (Å²) in [5.41, 5.74) is 2.52. The second kappa shape index (κ2) is 7.42. The second-order valence-electron chi connectivity index (χ2n) is 9.30. The van der Waals surface area contributed by atoms with Gasteiger partial charge in [-0.15, -0.1) is 0 Å². The van der Waals surface area contributed by atoms with E-state index in [1.165, 1.54) is 12.4 Å². The van der Waals surface area contributed by atoms with Gasteiger partial charge in [-0.3, -0.25) is 0 Å². The highest BCUT2D eigenvalue weighted by Gasteiger charge is 2.37. The number of rotatable bonds is 6. The fourth-order valence-corrected chi connectivity index (χ4v) is 5.32. The van der Waals surface area contributed by atoms with E-state index < -0.39 is 21.9 Å². The van der Waals surface area contributed by atoms with Crippen molar-refractivity contribution in [1.29, 1.82) is 0 Å². The molecule has 1 fully saturated rings. The lowest BCUT2D eigenvalue weighted by Gasteiger charge is -2.20. The van der Waals surface area contributed by atoms with Crippen LogP contribution in [0.1, 0.15) is 52.1 Å². The van der Waals surface area contributed by atoms with Gasteiger partial charge in [-0.05, 0) is 48.9 Å². The van der Waals surface area contributed by atoms with Crippen molar-refractivity contribution in [1.82, 2.24) is 19.3 Å². The second-order valence-corrected chi connectivity index (χ2v) is 11.3. The minimum atomic E-state index is -3.36.